The molecule has 134 valence electrons. The van der Waals surface area contributed by atoms with Crippen molar-refractivity contribution in [3.05, 3.63) is 65.7 Å². The summed E-state index contributed by atoms with van der Waals surface area (Å²) in [6, 6.07) is 17.3. The van der Waals surface area contributed by atoms with Crippen LogP contribution in [-0.4, -0.2) is 12.5 Å². The normalized spacial score (nSPS) is 18.6. The van der Waals surface area contributed by atoms with Gasteiger partial charge in [0.2, 0.25) is 5.91 Å². The van der Waals surface area contributed by atoms with Crippen LogP contribution in [0.3, 0.4) is 0 Å². The third-order valence-corrected chi connectivity index (χ3v) is 4.64. The summed E-state index contributed by atoms with van der Waals surface area (Å²) >= 11 is 0. The van der Waals surface area contributed by atoms with E-state index in [2.05, 4.69) is 5.32 Å². The zero-order chi connectivity index (χ0) is 16.9. The quantitative estimate of drug-likeness (QED) is 0.872. The second kappa shape index (κ2) is 8.88. The van der Waals surface area contributed by atoms with Crippen molar-refractivity contribution in [2.24, 2.45) is 11.7 Å². The van der Waals surface area contributed by atoms with Crippen molar-refractivity contribution in [3.8, 4) is 5.75 Å². The highest BCUT2D eigenvalue weighted by atomic mass is 35.5. The van der Waals surface area contributed by atoms with Crippen LogP contribution in [0.15, 0.2) is 54.6 Å². The topological polar surface area (TPSA) is 64.3 Å². The van der Waals surface area contributed by atoms with E-state index < -0.39 is 0 Å². The standard InChI is InChI=1S/C20H24N2O2.ClH/c1-14(19(21)15-8-3-2-4-9-15)20(23)22-17-11-7-13-24-18-12-6-5-10-16(17)18;/h2-6,8-10,12,14,17,19H,7,11,13,21H2,1H3,(H,22,23);1H. The lowest BCUT2D eigenvalue weighted by atomic mass is 9.93. The Morgan fingerprint density at radius 2 is 1.84 bits per heavy atom. The molecule has 25 heavy (non-hydrogen) atoms. The number of carbonyl (C=O) groups is 1. The number of ether oxygens (including phenoxy) is 1. The maximum atomic E-state index is 12.7. The van der Waals surface area contributed by atoms with Crippen molar-refractivity contribution in [3.63, 3.8) is 0 Å². The molecular weight excluding hydrogens is 336 g/mol. The Balaban J connectivity index is 0.00000225. The number of carbonyl (C=O) groups excluding carboxylic acids is 1. The predicted molar refractivity (Wildman–Crippen MR) is 102 cm³/mol. The van der Waals surface area contributed by atoms with Crippen LogP contribution >= 0.6 is 12.4 Å². The first-order valence-electron chi connectivity index (χ1n) is 8.49. The van der Waals surface area contributed by atoms with E-state index >= 15 is 0 Å². The SMILES string of the molecule is CC(C(=O)NC1CCCOc2ccccc21)C(N)c1ccccc1.Cl. The lowest BCUT2D eigenvalue weighted by molar-refractivity contribution is -0.126. The first kappa shape index (κ1) is 19.3. The Morgan fingerprint density at radius 1 is 1.16 bits per heavy atom. The number of rotatable bonds is 4. The molecule has 2 aromatic carbocycles. The summed E-state index contributed by atoms with van der Waals surface area (Å²) in [5.74, 6) is 0.539. The van der Waals surface area contributed by atoms with E-state index in [-0.39, 0.29) is 36.3 Å². The molecule has 3 rings (SSSR count). The van der Waals surface area contributed by atoms with E-state index in [4.69, 9.17) is 10.5 Å². The molecule has 5 heteroatoms. The highest BCUT2D eigenvalue weighted by molar-refractivity contribution is 5.85. The van der Waals surface area contributed by atoms with Gasteiger partial charge < -0.3 is 15.8 Å². The lowest BCUT2D eigenvalue weighted by Crippen LogP contribution is -2.37. The third-order valence-electron chi connectivity index (χ3n) is 4.64. The smallest absolute Gasteiger partial charge is 0.225 e. The summed E-state index contributed by atoms with van der Waals surface area (Å²) in [5.41, 5.74) is 8.31. The summed E-state index contributed by atoms with van der Waals surface area (Å²) in [6.45, 7) is 2.56. The minimum atomic E-state index is -0.316. The van der Waals surface area contributed by atoms with Gasteiger partial charge in [0.25, 0.3) is 0 Å². The van der Waals surface area contributed by atoms with E-state index in [9.17, 15) is 4.79 Å². The fourth-order valence-electron chi connectivity index (χ4n) is 3.11. The molecule has 0 saturated heterocycles. The second-order valence-corrected chi connectivity index (χ2v) is 6.31. The van der Waals surface area contributed by atoms with Crippen molar-refractivity contribution in [2.75, 3.05) is 6.61 Å². The molecule has 3 unspecified atom stereocenters. The number of halogens is 1. The summed E-state index contributed by atoms with van der Waals surface area (Å²) in [7, 11) is 0. The molecule has 4 nitrogen and oxygen atoms in total. The number of nitrogens with two attached hydrogens (primary N) is 1. The molecule has 0 aromatic heterocycles. The van der Waals surface area contributed by atoms with Gasteiger partial charge in [0.05, 0.1) is 18.6 Å². The van der Waals surface area contributed by atoms with Gasteiger partial charge in [-0.25, -0.2) is 0 Å². The number of benzene rings is 2. The summed E-state index contributed by atoms with van der Waals surface area (Å²) in [6.07, 6.45) is 1.79. The van der Waals surface area contributed by atoms with Crippen LogP contribution in [0.2, 0.25) is 0 Å². The average Bonchev–Trinajstić information content (AvgIpc) is 2.83. The minimum Gasteiger partial charge on any atom is -0.493 e. The molecule has 0 saturated carbocycles. The van der Waals surface area contributed by atoms with Gasteiger partial charge in [-0.2, -0.15) is 0 Å². The Bertz CT molecular complexity index is 693. The van der Waals surface area contributed by atoms with Gasteiger partial charge >= 0.3 is 0 Å². The highest BCUT2D eigenvalue weighted by Crippen LogP contribution is 2.31. The van der Waals surface area contributed by atoms with Crippen LogP contribution in [0.25, 0.3) is 0 Å². The Hall–Kier alpha value is -2.04. The van der Waals surface area contributed by atoms with Gasteiger partial charge in [-0.1, -0.05) is 55.5 Å². The molecule has 1 aliphatic heterocycles. The predicted octanol–water partition coefficient (Wildman–Crippen LogP) is 3.77. The maximum Gasteiger partial charge on any atom is 0.225 e. The largest absolute Gasteiger partial charge is 0.493 e. The monoisotopic (exact) mass is 360 g/mol. The molecule has 1 heterocycles. The first-order valence-corrected chi connectivity index (χ1v) is 8.49. The van der Waals surface area contributed by atoms with Crippen molar-refractivity contribution < 1.29 is 9.53 Å². The summed E-state index contributed by atoms with van der Waals surface area (Å²) < 4.78 is 5.76. The fourth-order valence-corrected chi connectivity index (χ4v) is 3.11. The molecule has 0 fully saturated rings. The molecule has 3 atom stereocenters. The Kier molecular flexibility index (Phi) is 6.85. The van der Waals surface area contributed by atoms with Gasteiger partial charge in [-0.15, -0.1) is 12.4 Å². The fraction of sp³-hybridized carbons (Fsp3) is 0.350. The van der Waals surface area contributed by atoms with Gasteiger partial charge in [-0.3, -0.25) is 4.79 Å². The number of para-hydroxylation sites is 1. The number of fused-ring (bicyclic) bond motifs is 1. The van der Waals surface area contributed by atoms with E-state index in [0.717, 1.165) is 29.7 Å². The molecule has 2 aromatic rings. The molecule has 0 bridgehead atoms. The number of amides is 1. The van der Waals surface area contributed by atoms with Crippen LogP contribution in [0.4, 0.5) is 0 Å². The van der Waals surface area contributed by atoms with E-state index in [1.165, 1.54) is 0 Å². The number of nitrogens with one attached hydrogen (secondary N) is 1. The zero-order valence-corrected chi connectivity index (χ0v) is 15.2. The third kappa shape index (κ3) is 4.53. The van der Waals surface area contributed by atoms with Crippen LogP contribution in [0.1, 0.15) is 43.0 Å². The lowest BCUT2D eigenvalue weighted by Gasteiger charge is -2.24. The summed E-state index contributed by atoms with van der Waals surface area (Å²) in [5, 5.41) is 3.17. The minimum absolute atomic E-state index is 0. The van der Waals surface area contributed by atoms with E-state index in [1.54, 1.807) is 0 Å². The van der Waals surface area contributed by atoms with Gasteiger partial charge in [0.1, 0.15) is 5.75 Å². The van der Waals surface area contributed by atoms with Crippen LogP contribution in [-0.2, 0) is 4.79 Å². The van der Waals surface area contributed by atoms with Crippen LogP contribution in [0, 0.1) is 5.92 Å². The maximum absolute atomic E-state index is 12.7. The molecule has 1 aliphatic rings. The van der Waals surface area contributed by atoms with Crippen molar-refractivity contribution in [1.29, 1.82) is 0 Å². The molecule has 3 N–H and O–H groups in total. The number of hydrogen-bond acceptors (Lipinski definition) is 3. The van der Waals surface area contributed by atoms with Crippen LogP contribution < -0.4 is 15.8 Å². The van der Waals surface area contributed by atoms with Gasteiger partial charge in [0, 0.05) is 11.6 Å². The molecule has 1 amide bonds. The average molecular weight is 361 g/mol. The summed E-state index contributed by atoms with van der Waals surface area (Å²) in [4.78, 5) is 12.7. The number of hydrogen-bond donors (Lipinski definition) is 2. The van der Waals surface area contributed by atoms with E-state index in [0.29, 0.717) is 6.61 Å². The van der Waals surface area contributed by atoms with Crippen molar-refractivity contribution in [1.82, 2.24) is 5.32 Å². The molecular formula is C20H25ClN2O2. The molecule has 0 radical (unpaired) electrons. The highest BCUT2D eigenvalue weighted by Gasteiger charge is 2.26. The van der Waals surface area contributed by atoms with Crippen molar-refractivity contribution >= 4 is 18.3 Å². The molecule has 0 spiro atoms. The van der Waals surface area contributed by atoms with Crippen molar-refractivity contribution in [2.45, 2.75) is 31.8 Å². The second-order valence-electron chi connectivity index (χ2n) is 6.31. The Morgan fingerprint density at radius 3 is 2.60 bits per heavy atom. The molecule has 0 aliphatic carbocycles. The van der Waals surface area contributed by atoms with Gasteiger partial charge in [0.15, 0.2) is 0 Å². The first-order chi connectivity index (χ1) is 11.7. The zero-order valence-electron chi connectivity index (χ0n) is 14.4. The van der Waals surface area contributed by atoms with Crippen LogP contribution in [0.5, 0.6) is 5.75 Å². The van der Waals surface area contributed by atoms with Gasteiger partial charge in [-0.05, 0) is 24.5 Å². The Labute approximate surface area is 155 Å². The van der Waals surface area contributed by atoms with E-state index in [1.807, 2.05) is 61.5 Å².